The monoisotopic (exact) mass is 213 g/mol. The van der Waals surface area contributed by atoms with Crippen LogP contribution in [0.5, 0.6) is 0 Å². The highest BCUT2D eigenvalue weighted by molar-refractivity contribution is 5.78. The van der Waals surface area contributed by atoms with Gasteiger partial charge in [-0.1, -0.05) is 0 Å². The number of hydrogen-bond donors (Lipinski definition) is 3. The molecule has 1 saturated carbocycles. The van der Waals surface area contributed by atoms with Crippen LogP contribution in [0.2, 0.25) is 0 Å². The molecule has 0 aromatic rings. The highest BCUT2D eigenvalue weighted by Gasteiger charge is 2.22. The Morgan fingerprint density at radius 3 is 2.47 bits per heavy atom. The van der Waals surface area contributed by atoms with Gasteiger partial charge in [0.2, 0.25) is 5.91 Å². The van der Waals surface area contributed by atoms with Gasteiger partial charge < -0.3 is 16.0 Å². The van der Waals surface area contributed by atoms with Crippen molar-refractivity contribution in [1.82, 2.24) is 16.0 Å². The van der Waals surface area contributed by atoms with E-state index in [0.717, 1.165) is 25.9 Å². The summed E-state index contributed by atoms with van der Waals surface area (Å²) in [7, 11) is 0. The maximum Gasteiger partial charge on any atom is 0.234 e. The molecule has 0 aromatic carbocycles. The van der Waals surface area contributed by atoms with Gasteiger partial charge in [-0.3, -0.25) is 4.79 Å². The van der Waals surface area contributed by atoms with Crippen LogP contribution < -0.4 is 16.0 Å². The molecule has 0 unspecified atom stereocenters. The van der Waals surface area contributed by atoms with E-state index in [9.17, 15) is 4.79 Å². The number of hydrogen-bond acceptors (Lipinski definition) is 3. The van der Waals surface area contributed by atoms with Crippen molar-refractivity contribution >= 4 is 5.91 Å². The van der Waals surface area contributed by atoms with Gasteiger partial charge in [0.05, 0.1) is 6.54 Å². The van der Waals surface area contributed by atoms with Gasteiger partial charge in [-0.2, -0.15) is 0 Å². The lowest BCUT2D eigenvalue weighted by molar-refractivity contribution is -0.120. The summed E-state index contributed by atoms with van der Waals surface area (Å²) in [5.41, 5.74) is 0.151. The first-order valence-electron chi connectivity index (χ1n) is 5.72. The average molecular weight is 213 g/mol. The predicted octanol–water partition coefficient (Wildman–Crippen LogP) is 0.243. The molecule has 1 rings (SSSR count). The van der Waals surface area contributed by atoms with Crippen LogP contribution in [0.3, 0.4) is 0 Å². The second-order valence-corrected chi connectivity index (χ2v) is 5.20. The van der Waals surface area contributed by atoms with Crippen molar-refractivity contribution in [2.24, 2.45) is 0 Å². The Kier molecular flexibility index (Phi) is 4.54. The molecule has 0 spiro atoms. The van der Waals surface area contributed by atoms with Crippen molar-refractivity contribution in [3.8, 4) is 0 Å². The fourth-order valence-electron chi connectivity index (χ4n) is 1.23. The minimum absolute atomic E-state index is 0.119. The van der Waals surface area contributed by atoms with Crippen LogP contribution in [-0.2, 0) is 4.79 Å². The standard InChI is InChI=1S/C11H23N3O/c1-11(2,3)13-7-6-12-8-10(15)14-9-4-5-9/h9,12-13H,4-8H2,1-3H3,(H,14,15). The lowest BCUT2D eigenvalue weighted by Gasteiger charge is -2.20. The second kappa shape index (κ2) is 5.47. The summed E-state index contributed by atoms with van der Waals surface area (Å²) in [4.78, 5) is 11.3. The van der Waals surface area contributed by atoms with Crippen LogP contribution in [0.4, 0.5) is 0 Å². The Balaban J connectivity index is 1.89. The molecule has 0 saturated heterocycles. The van der Waals surface area contributed by atoms with Gasteiger partial charge in [0.1, 0.15) is 0 Å². The van der Waals surface area contributed by atoms with Crippen molar-refractivity contribution in [3.05, 3.63) is 0 Å². The van der Waals surface area contributed by atoms with E-state index in [1.165, 1.54) is 0 Å². The predicted molar refractivity (Wildman–Crippen MR) is 61.8 cm³/mol. The zero-order valence-corrected chi connectivity index (χ0v) is 10.0. The van der Waals surface area contributed by atoms with E-state index < -0.39 is 0 Å². The lowest BCUT2D eigenvalue weighted by Crippen LogP contribution is -2.42. The van der Waals surface area contributed by atoms with Crippen LogP contribution >= 0.6 is 0 Å². The molecule has 15 heavy (non-hydrogen) atoms. The Morgan fingerprint density at radius 1 is 1.27 bits per heavy atom. The molecule has 1 aliphatic rings. The molecule has 1 aliphatic carbocycles. The fraction of sp³-hybridized carbons (Fsp3) is 0.909. The summed E-state index contributed by atoms with van der Waals surface area (Å²) in [5.74, 6) is 0.119. The number of rotatable bonds is 6. The van der Waals surface area contributed by atoms with Gasteiger partial charge in [0.25, 0.3) is 0 Å². The molecule has 4 heteroatoms. The summed E-state index contributed by atoms with van der Waals surface area (Å²) in [5, 5.41) is 9.41. The first-order chi connectivity index (χ1) is 6.97. The second-order valence-electron chi connectivity index (χ2n) is 5.20. The Hall–Kier alpha value is -0.610. The third kappa shape index (κ3) is 7.33. The summed E-state index contributed by atoms with van der Waals surface area (Å²) in [6.07, 6.45) is 2.30. The van der Waals surface area contributed by atoms with Crippen LogP contribution in [0.15, 0.2) is 0 Å². The van der Waals surface area contributed by atoms with Gasteiger partial charge in [-0.15, -0.1) is 0 Å². The normalized spacial score (nSPS) is 16.5. The fourth-order valence-corrected chi connectivity index (χ4v) is 1.23. The Labute approximate surface area is 92.2 Å². The van der Waals surface area contributed by atoms with Crippen LogP contribution in [0, 0.1) is 0 Å². The van der Waals surface area contributed by atoms with E-state index in [1.54, 1.807) is 0 Å². The smallest absolute Gasteiger partial charge is 0.234 e. The quantitative estimate of drug-likeness (QED) is 0.554. The van der Waals surface area contributed by atoms with Gasteiger partial charge in [0.15, 0.2) is 0 Å². The molecule has 0 bridgehead atoms. The van der Waals surface area contributed by atoms with Gasteiger partial charge in [0, 0.05) is 24.7 Å². The van der Waals surface area contributed by atoms with E-state index in [0.29, 0.717) is 12.6 Å². The first-order valence-corrected chi connectivity index (χ1v) is 5.72. The average Bonchev–Trinajstić information content (AvgIpc) is 2.85. The van der Waals surface area contributed by atoms with Crippen molar-refractivity contribution in [2.45, 2.75) is 45.2 Å². The molecular formula is C11H23N3O. The van der Waals surface area contributed by atoms with E-state index in [4.69, 9.17) is 0 Å². The summed E-state index contributed by atoms with van der Waals surface area (Å²) in [6.45, 7) is 8.55. The minimum Gasteiger partial charge on any atom is -0.352 e. The highest BCUT2D eigenvalue weighted by Crippen LogP contribution is 2.17. The SMILES string of the molecule is CC(C)(C)NCCNCC(=O)NC1CC1. The van der Waals surface area contributed by atoms with Crippen molar-refractivity contribution in [1.29, 1.82) is 0 Å². The van der Waals surface area contributed by atoms with Gasteiger partial charge >= 0.3 is 0 Å². The van der Waals surface area contributed by atoms with Gasteiger partial charge in [-0.05, 0) is 33.6 Å². The summed E-state index contributed by atoms with van der Waals surface area (Å²) >= 11 is 0. The molecule has 4 nitrogen and oxygen atoms in total. The zero-order valence-electron chi connectivity index (χ0n) is 10.0. The summed E-state index contributed by atoms with van der Waals surface area (Å²) in [6, 6.07) is 0.465. The number of carbonyl (C=O) groups is 1. The molecule has 0 aromatic heterocycles. The zero-order chi connectivity index (χ0) is 11.3. The third-order valence-electron chi connectivity index (χ3n) is 2.19. The number of nitrogens with one attached hydrogen (secondary N) is 3. The van der Waals surface area contributed by atoms with Crippen molar-refractivity contribution < 1.29 is 4.79 Å². The van der Waals surface area contributed by atoms with Crippen LogP contribution in [0.1, 0.15) is 33.6 Å². The number of carbonyl (C=O) groups excluding carboxylic acids is 1. The van der Waals surface area contributed by atoms with E-state index in [1.807, 2.05) is 0 Å². The molecule has 0 heterocycles. The highest BCUT2D eigenvalue weighted by atomic mass is 16.2. The largest absolute Gasteiger partial charge is 0.352 e. The van der Waals surface area contributed by atoms with E-state index >= 15 is 0 Å². The molecule has 3 N–H and O–H groups in total. The van der Waals surface area contributed by atoms with E-state index in [-0.39, 0.29) is 11.4 Å². The molecule has 1 amide bonds. The van der Waals surface area contributed by atoms with Gasteiger partial charge in [-0.25, -0.2) is 0 Å². The topological polar surface area (TPSA) is 53.2 Å². The molecule has 0 aliphatic heterocycles. The maximum absolute atomic E-state index is 11.3. The maximum atomic E-state index is 11.3. The summed E-state index contributed by atoms with van der Waals surface area (Å²) < 4.78 is 0. The van der Waals surface area contributed by atoms with Crippen LogP contribution in [-0.4, -0.2) is 37.1 Å². The Morgan fingerprint density at radius 2 is 1.93 bits per heavy atom. The van der Waals surface area contributed by atoms with E-state index in [2.05, 4.69) is 36.7 Å². The minimum atomic E-state index is 0.119. The number of amides is 1. The molecule has 88 valence electrons. The first kappa shape index (κ1) is 12.5. The third-order valence-corrected chi connectivity index (χ3v) is 2.19. The van der Waals surface area contributed by atoms with Crippen molar-refractivity contribution in [3.63, 3.8) is 0 Å². The molecule has 0 radical (unpaired) electrons. The van der Waals surface area contributed by atoms with Crippen molar-refractivity contribution in [2.75, 3.05) is 19.6 Å². The molecule has 1 fully saturated rings. The molecular weight excluding hydrogens is 190 g/mol. The lowest BCUT2D eigenvalue weighted by atomic mass is 10.1. The van der Waals surface area contributed by atoms with Crippen LogP contribution in [0.25, 0.3) is 0 Å². The Bertz CT molecular complexity index is 206. The molecule has 0 atom stereocenters.